The fourth-order valence-electron chi connectivity index (χ4n) is 9.55. The standard InChI is InChI=1S/C57H38F51NO5/c58-34(59,37(64,65)40(70,71)43(76,77)46(82,83)49(88,89)52(94,95)55(100,101)102)15-5-8-19-111-30-23-25(33(110)114-22-18-109-28-13-3-1-11-26(28)27-12-2-4-14-29(27)109)24-31(112-20-9-6-16-35(60,61)38(66,67)41(72,73)44(78,79)47(84,85)50(90,91)53(96,97)56(103,104)105)32(30)113-21-10-7-17-36(62,63)39(68,69)42(74,75)45(80,81)48(86,87)51(92,93)54(98,99)57(106,107)108/h1-4,11-14,23-24H,5-10,15-22H2. The number of carbonyl (C=O) groups is 1. The van der Waals surface area contributed by atoms with Crippen molar-refractivity contribution < 1.29 is 248 Å². The van der Waals surface area contributed by atoms with Crippen LogP contribution in [0.15, 0.2) is 60.7 Å². The minimum Gasteiger partial charge on any atom is -0.490 e. The van der Waals surface area contributed by atoms with Crippen LogP contribution in [0.1, 0.15) is 68.1 Å². The molecule has 1 heterocycles. The van der Waals surface area contributed by atoms with Gasteiger partial charge >= 0.3 is 149 Å². The number of benzene rings is 3. The van der Waals surface area contributed by atoms with Gasteiger partial charge in [0.1, 0.15) is 6.61 Å². The summed E-state index contributed by atoms with van der Waals surface area (Å²) in [6.07, 6.45) is -46.2. The summed E-state index contributed by atoms with van der Waals surface area (Å²) in [7, 11) is 0. The van der Waals surface area contributed by atoms with Crippen LogP contribution in [0.5, 0.6) is 17.2 Å². The van der Waals surface area contributed by atoms with E-state index < -0.39 is 262 Å². The highest BCUT2D eigenvalue weighted by Gasteiger charge is 2.98. The van der Waals surface area contributed by atoms with Crippen LogP contribution in [0.4, 0.5) is 224 Å². The van der Waals surface area contributed by atoms with Crippen LogP contribution in [0, 0.1) is 0 Å². The number of rotatable bonds is 40. The Bertz CT molecular complexity index is 3790. The normalized spacial score (nSPS) is 15.5. The van der Waals surface area contributed by atoms with Crippen LogP contribution >= 0.6 is 0 Å². The molecule has 0 amide bonds. The molecule has 0 saturated heterocycles. The van der Waals surface area contributed by atoms with Crippen molar-refractivity contribution in [2.24, 2.45) is 0 Å². The first-order valence-electron chi connectivity index (χ1n) is 29.7. The Morgan fingerprint density at radius 3 is 0.728 bits per heavy atom. The quantitative estimate of drug-likeness (QED) is 0.0252. The molecule has 0 N–H and O–H groups in total. The highest BCUT2D eigenvalue weighted by molar-refractivity contribution is 6.08. The lowest BCUT2D eigenvalue weighted by Crippen LogP contribution is -2.74. The number of unbranched alkanes of at least 4 members (excludes halogenated alkanes) is 3. The van der Waals surface area contributed by atoms with Crippen molar-refractivity contribution in [3.8, 4) is 17.2 Å². The van der Waals surface area contributed by atoms with Gasteiger partial charge in [-0.3, -0.25) is 0 Å². The van der Waals surface area contributed by atoms with Gasteiger partial charge in [0.2, 0.25) is 5.75 Å². The maximum Gasteiger partial charge on any atom is 0.460 e. The lowest BCUT2D eigenvalue weighted by molar-refractivity contribution is -0.461. The van der Waals surface area contributed by atoms with E-state index in [4.69, 9.17) is 18.9 Å². The molecule has 0 aliphatic heterocycles. The lowest BCUT2D eigenvalue weighted by atomic mass is 9.88. The van der Waals surface area contributed by atoms with Crippen molar-refractivity contribution in [1.82, 2.24) is 4.57 Å². The van der Waals surface area contributed by atoms with Gasteiger partial charge in [-0.1, -0.05) is 36.4 Å². The second-order valence-corrected chi connectivity index (χ2v) is 24.0. The molecule has 0 aliphatic rings. The summed E-state index contributed by atoms with van der Waals surface area (Å²) in [5, 5.41) is 0.936. The summed E-state index contributed by atoms with van der Waals surface area (Å²) in [4.78, 5) is 13.7. The summed E-state index contributed by atoms with van der Waals surface area (Å²) >= 11 is 0. The van der Waals surface area contributed by atoms with Crippen molar-refractivity contribution >= 4 is 27.8 Å². The van der Waals surface area contributed by atoms with Crippen LogP contribution in [0.25, 0.3) is 21.8 Å². The third kappa shape index (κ3) is 15.6. The van der Waals surface area contributed by atoms with Crippen molar-refractivity contribution in [2.45, 2.75) is 207 Å². The third-order valence-electron chi connectivity index (χ3n) is 16.3. The first-order valence-corrected chi connectivity index (χ1v) is 29.7. The number of ether oxygens (including phenoxy) is 4. The fourth-order valence-corrected chi connectivity index (χ4v) is 9.55. The first-order chi connectivity index (χ1) is 50.4. The Balaban J connectivity index is 1.84. The molecule has 0 saturated carbocycles. The molecule has 0 aliphatic carbocycles. The van der Waals surface area contributed by atoms with E-state index >= 15 is 0 Å². The average molecular weight is 1790 g/mol. The van der Waals surface area contributed by atoms with Gasteiger partial charge < -0.3 is 23.5 Å². The largest absolute Gasteiger partial charge is 0.490 e. The maximum absolute atomic E-state index is 14.9. The van der Waals surface area contributed by atoms with Crippen LogP contribution in [0.3, 0.4) is 0 Å². The number of hydrogen-bond acceptors (Lipinski definition) is 5. The van der Waals surface area contributed by atoms with E-state index in [0.29, 0.717) is 21.8 Å². The molecule has 57 heteroatoms. The molecular weight excluding hydrogens is 1750 g/mol. The van der Waals surface area contributed by atoms with Gasteiger partial charge in [0.25, 0.3) is 0 Å². The van der Waals surface area contributed by atoms with E-state index in [1.54, 1.807) is 0 Å². The van der Waals surface area contributed by atoms with Gasteiger partial charge in [-0.05, 0) is 62.8 Å². The molecule has 658 valence electrons. The average Bonchev–Trinajstić information content (AvgIpc) is 0.721. The predicted octanol–water partition coefficient (Wildman–Crippen LogP) is 24.3. The van der Waals surface area contributed by atoms with Gasteiger partial charge in [-0.2, -0.15) is 224 Å². The predicted molar refractivity (Wildman–Crippen MR) is 276 cm³/mol. The first kappa shape index (κ1) is 99.1. The topological polar surface area (TPSA) is 58.9 Å². The number of halogens is 51. The highest BCUT2D eigenvalue weighted by atomic mass is 19.5. The van der Waals surface area contributed by atoms with Crippen LogP contribution in [0.2, 0.25) is 0 Å². The van der Waals surface area contributed by atoms with E-state index in [1.807, 2.05) is 0 Å². The van der Waals surface area contributed by atoms with E-state index in [-0.39, 0.29) is 12.1 Å². The Morgan fingerprint density at radius 1 is 0.263 bits per heavy atom. The number of aromatic nitrogens is 1. The molecule has 0 fully saturated rings. The zero-order chi connectivity index (χ0) is 89.6. The maximum atomic E-state index is 14.9. The van der Waals surface area contributed by atoms with Crippen molar-refractivity contribution in [3.05, 3.63) is 66.2 Å². The van der Waals surface area contributed by atoms with Gasteiger partial charge in [-0.25, -0.2) is 4.79 Å². The van der Waals surface area contributed by atoms with Crippen LogP contribution < -0.4 is 14.2 Å². The minimum absolute atomic E-state index is 0.0672. The van der Waals surface area contributed by atoms with E-state index in [1.165, 1.54) is 53.1 Å². The molecule has 4 rings (SSSR count). The molecule has 0 atom stereocenters. The molecule has 0 radical (unpaired) electrons. The number of esters is 1. The van der Waals surface area contributed by atoms with Gasteiger partial charge in [0.05, 0.1) is 31.9 Å². The van der Waals surface area contributed by atoms with Gasteiger partial charge in [0.15, 0.2) is 11.5 Å². The highest BCUT2D eigenvalue weighted by Crippen LogP contribution is 2.69. The number of para-hydroxylation sites is 2. The molecule has 0 spiro atoms. The molecule has 1 aromatic heterocycles. The number of fused-ring (bicyclic) bond motifs is 3. The molecule has 3 aromatic carbocycles. The Kier molecular flexibility index (Phi) is 26.6. The minimum atomic E-state index is -9.15. The van der Waals surface area contributed by atoms with Crippen molar-refractivity contribution in [1.29, 1.82) is 0 Å². The fraction of sp³-hybridized carbons (Fsp3) is 0.667. The number of nitrogens with zero attached hydrogens (tertiary/aromatic N) is 1. The summed E-state index contributed by atoms with van der Waals surface area (Å²) in [5.41, 5.74) is -0.667. The van der Waals surface area contributed by atoms with Crippen molar-refractivity contribution in [3.63, 3.8) is 0 Å². The zero-order valence-corrected chi connectivity index (χ0v) is 53.9. The number of carbonyl (C=O) groups excluding carboxylic acids is 1. The van der Waals surface area contributed by atoms with Crippen LogP contribution in [-0.2, 0) is 11.3 Å². The van der Waals surface area contributed by atoms with E-state index in [0.717, 1.165) is 0 Å². The number of hydrogen-bond donors (Lipinski definition) is 0. The monoisotopic (exact) mass is 1790 g/mol. The van der Waals surface area contributed by atoms with Crippen LogP contribution in [-0.4, -0.2) is 180 Å². The summed E-state index contributed by atoms with van der Waals surface area (Å²) in [6.45, 7) is -6.95. The second kappa shape index (κ2) is 30.6. The molecule has 0 unspecified atom stereocenters. The molecule has 0 bridgehead atoms. The van der Waals surface area contributed by atoms with Gasteiger partial charge in [-0.15, -0.1) is 0 Å². The Labute approximate surface area is 597 Å². The molecular formula is C57H38F51NO5. The summed E-state index contributed by atoms with van der Waals surface area (Å²) in [6, 6.07) is 11.9. The third-order valence-corrected chi connectivity index (χ3v) is 16.3. The molecule has 114 heavy (non-hydrogen) atoms. The SMILES string of the molecule is O=C(OCCn1c2ccccc2c2ccccc21)c1cc(OCCCCC(F)(F)C(F)(F)C(F)(F)C(F)(F)C(F)(F)C(F)(F)C(F)(F)C(F)(F)F)c(OCCCCC(F)(F)C(F)(F)C(F)(F)C(F)(F)C(F)(F)C(F)(F)C(F)(F)C(F)(F)F)c(OCCCCC(F)(F)C(F)(F)C(F)(F)C(F)(F)C(F)(F)C(F)(F)C(F)(F)C(F)(F)F)c1. The molecule has 6 nitrogen and oxygen atoms in total. The second-order valence-electron chi connectivity index (χ2n) is 24.0. The summed E-state index contributed by atoms with van der Waals surface area (Å²) in [5.74, 6) is -188. The zero-order valence-electron chi connectivity index (χ0n) is 53.9. The van der Waals surface area contributed by atoms with E-state index in [2.05, 4.69) is 0 Å². The molecule has 4 aromatic rings. The van der Waals surface area contributed by atoms with E-state index in [9.17, 15) is 229 Å². The van der Waals surface area contributed by atoms with Gasteiger partial charge in [0, 0.05) is 41.1 Å². The lowest BCUT2D eigenvalue weighted by Gasteiger charge is -2.42. The Morgan fingerprint density at radius 2 is 0.482 bits per heavy atom. The summed E-state index contributed by atoms with van der Waals surface area (Å²) < 4.78 is 732. The Hall–Kier alpha value is -7.24. The smallest absolute Gasteiger partial charge is 0.460 e. The number of alkyl halides is 51. The van der Waals surface area contributed by atoms with Crippen molar-refractivity contribution in [2.75, 3.05) is 26.4 Å².